The molecule has 2 nitrogen and oxygen atoms in total. The Morgan fingerprint density at radius 3 is 1.82 bits per heavy atom. The van der Waals surface area contributed by atoms with E-state index in [1.807, 2.05) is 0 Å². The maximum Gasteiger partial charge on any atom is 0.0535 e. The van der Waals surface area contributed by atoms with E-state index < -0.39 is 0 Å². The average Bonchev–Trinajstić information content (AvgIpc) is 3.32. The number of benzene rings is 4. The van der Waals surface area contributed by atoms with Crippen LogP contribution >= 0.6 is 0 Å². The minimum Gasteiger partial charge on any atom is -0.314 e. The van der Waals surface area contributed by atoms with Gasteiger partial charge in [0.1, 0.15) is 0 Å². The molecule has 4 aromatic rings. The van der Waals surface area contributed by atoms with Crippen molar-refractivity contribution in [1.82, 2.24) is 0 Å². The van der Waals surface area contributed by atoms with Crippen LogP contribution in [0.15, 0.2) is 144 Å². The Morgan fingerprint density at radius 2 is 1.28 bits per heavy atom. The van der Waals surface area contributed by atoms with Gasteiger partial charge in [-0.2, -0.15) is 0 Å². The maximum absolute atomic E-state index is 3.49. The van der Waals surface area contributed by atoms with Crippen LogP contribution in [0, 0.1) is 20.8 Å². The summed E-state index contributed by atoms with van der Waals surface area (Å²) < 4.78 is 0. The fraction of sp³-hybridized carbons (Fsp3) is 0.312. The second kappa shape index (κ2) is 16.3. The average molecular weight is 661 g/mol. The quantitative estimate of drug-likeness (QED) is 0.132. The molecule has 0 N–H and O–H groups in total. The van der Waals surface area contributed by atoms with Crippen molar-refractivity contribution in [3.8, 4) is 0 Å². The highest BCUT2D eigenvalue weighted by molar-refractivity contribution is 5.78. The van der Waals surface area contributed by atoms with Crippen molar-refractivity contribution in [1.29, 1.82) is 0 Å². The van der Waals surface area contributed by atoms with Gasteiger partial charge in [0.15, 0.2) is 0 Å². The Morgan fingerprint density at radius 1 is 0.720 bits per heavy atom. The normalized spacial score (nSPS) is 13.3. The van der Waals surface area contributed by atoms with Crippen LogP contribution in [0.5, 0.6) is 0 Å². The summed E-state index contributed by atoms with van der Waals surface area (Å²) >= 11 is 0. The highest BCUT2D eigenvalue weighted by Gasteiger charge is 2.32. The predicted octanol–water partition coefficient (Wildman–Crippen LogP) is 14.0. The summed E-state index contributed by atoms with van der Waals surface area (Å²) in [5.74, 6) is 0.407. The van der Waals surface area contributed by atoms with Crippen LogP contribution in [0.2, 0.25) is 0 Å². The van der Waals surface area contributed by atoms with E-state index >= 15 is 0 Å². The van der Waals surface area contributed by atoms with Gasteiger partial charge in [0, 0.05) is 34.5 Å². The van der Waals surface area contributed by atoms with Crippen LogP contribution in [-0.2, 0) is 5.41 Å². The number of hydrogen-bond donors (Lipinski definition) is 0. The Hall–Kier alpha value is -4.78. The van der Waals surface area contributed by atoms with E-state index in [9.17, 15) is 0 Å². The van der Waals surface area contributed by atoms with E-state index in [4.69, 9.17) is 0 Å². The first-order chi connectivity index (χ1) is 24.1. The molecule has 0 atom stereocenters. The molecule has 0 spiro atoms. The molecule has 0 radical (unpaired) electrons. The number of anilines is 4. The van der Waals surface area contributed by atoms with E-state index in [2.05, 4.69) is 199 Å². The fourth-order valence-electron chi connectivity index (χ4n) is 7.33. The molecule has 0 heterocycles. The molecule has 0 saturated carbocycles. The summed E-state index contributed by atoms with van der Waals surface area (Å²) in [6.07, 6.45) is 15.1. The smallest absolute Gasteiger partial charge is 0.0535 e. The molecule has 1 aliphatic carbocycles. The number of nitrogens with zero attached hydrogens (tertiary/aromatic N) is 2. The lowest BCUT2D eigenvalue weighted by Crippen LogP contribution is -2.28. The molecular formula is C48H56N2. The van der Waals surface area contributed by atoms with Gasteiger partial charge < -0.3 is 9.80 Å². The summed E-state index contributed by atoms with van der Waals surface area (Å²) in [4.78, 5) is 4.88. The summed E-state index contributed by atoms with van der Waals surface area (Å²) in [6, 6.07) is 33.9. The van der Waals surface area contributed by atoms with Crippen molar-refractivity contribution in [2.24, 2.45) is 0 Å². The fourth-order valence-corrected chi connectivity index (χ4v) is 7.33. The lowest BCUT2D eigenvalue weighted by Gasteiger charge is -2.37. The number of rotatable bonds is 13. The topological polar surface area (TPSA) is 6.48 Å². The molecule has 2 heteroatoms. The largest absolute Gasteiger partial charge is 0.314 e. The summed E-state index contributed by atoms with van der Waals surface area (Å²) in [5, 5.41) is 0. The van der Waals surface area contributed by atoms with Gasteiger partial charge in [-0.05, 0) is 153 Å². The zero-order chi connectivity index (χ0) is 35.8. The third-order valence-corrected chi connectivity index (χ3v) is 10.3. The predicted molar refractivity (Wildman–Crippen MR) is 218 cm³/mol. The standard InChI is InChI=1S/C48H56N2/c1-10-40(49(42-22-14-18-37(7)31-42)41-21-13-17-36(6)25-26-41)29-30-48(11-2,12-3)47-34-45(27-28-46(47)35(4)5)50(43-23-15-19-38(8)32-43)44-24-16-20-39(9)33-44/h13-24,26-29,31-35H,10-12,30H2,1-9H3/b40-29+. The van der Waals surface area contributed by atoms with Crippen LogP contribution in [0.3, 0.4) is 0 Å². The molecular weight excluding hydrogens is 605 g/mol. The third kappa shape index (κ3) is 8.15. The number of aryl methyl sites for hydroxylation is 3. The zero-order valence-electron chi connectivity index (χ0n) is 31.8. The van der Waals surface area contributed by atoms with Crippen molar-refractivity contribution >= 4 is 22.7 Å². The Balaban J connectivity index is 1.67. The first-order valence-electron chi connectivity index (χ1n) is 18.5. The second-order valence-corrected chi connectivity index (χ2v) is 14.3. The third-order valence-electron chi connectivity index (χ3n) is 10.3. The molecule has 5 rings (SSSR count). The van der Waals surface area contributed by atoms with Crippen LogP contribution < -0.4 is 9.80 Å². The van der Waals surface area contributed by atoms with Gasteiger partial charge in [0.05, 0.1) is 5.70 Å². The summed E-state index contributed by atoms with van der Waals surface area (Å²) in [6.45, 7) is 20.4. The van der Waals surface area contributed by atoms with Crippen molar-refractivity contribution in [2.45, 2.75) is 99.3 Å². The Bertz CT molecular complexity index is 1910. The van der Waals surface area contributed by atoms with Crippen LogP contribution in [-0.4, -0.2) is 0 Å². The van der Waals surface area contributed by atoms with Crippen LogP contribution in [0.25, 0.3) is 0 Å². The van der Waals surface area contributed by atoms with E-state index in [-0.39, 0.29) is 5.41 Å². The van der Waals surface area contributed by atoms with E-state index in [0.717, 1.165) is 37.0 Å². The van der Waals surface area contributed by atoms with Gasteiger partial charge >= 0.3 is 0 Å². The van der Waals surface area contributed by atoms with Crippen LogP contribution in [0.1, 0.15) is 101 Å². The molecule has 4 aromatic carbocycles. The molecule has 0 amide bonds. The summed E-state index contributed by atoms with van der Waals surface area (Å²) in [7, 11) is 0. The van der Waals surface area contributed by atoms with Gasteiger partial charge in [0.25, 0.3) is 0 Å². The van der Waals surface area contributed by atoms with Crippen molar-refractivity contribution in [2.75, 3.05) is 9.80 Å². The van der Waals surface area contributed by atoms with Gasteiger partial charge in [-0.1, -0.05) is 95.3 Å². The van der Waals surface area contributed by atoms with Crippen molar-refractivity contribution in [3.05, 3.63) is 172 Å². The first kappa shape index (κ1) is 36.5. The minimum atomic E-state index is -0.0384. The number of hydrogen-bond acceptors (Lipinski definition) is 2. The molecule has 0 unspecified atom stereocenters. The van der Waals surface area contributed by atoms with Gasteiger partial charge in [-0.15, -0.1) is 5.73 Å². The molecule has 0 bridgehead atoms. The Kier molecular flexibility index (Phi) is 11.9. The van der Waals surface area contributed by atoms with E-state index in [0.29, 0.717) is 5.92 Å². The lowest BCUT2D eigenvalue weighted by molar-refractivity contribution is 0.394. The molecule has 0 aromatic heterocycles. The number of allylic oxidation sites excluding steroid dienone is 6. The van der Waals surface area contributed by atoms with E-state index in [1.54, 1.807) is 0 Å². The van der Waals surface area contributed by atoms with Gasteiger partial charge in [0.2, 0.25) is 0 Å². The SMILES string of the molecule is CC/C(=C\CC(CC)(CC)c1cc(N(c2cccc(C)c2)c2cccc(C)c2)ccc1C(C)C)N(C1=CC=CC(C)=C=C1)c1cccc(C)c1. The molecule has 0 aliphatic heterocycles. The second-order valence-electron chi connectivity index (χ2n) is 14.3. The molecule has 0 fully saturated rings. The highest BCUT2D eigenvalue weighted by Crippen LogP contribution is 2.45. The highest BCUT2D eigenvalue weighted by atomic mass is 15.2. The van der Waals surface area contributed by atoms with Gasteiger partial charge in [-0.25, -0.2) is 0 Å². The van der Waals surface area contributed by atoms with E-state index in [1.165, 1.54) is 56.3 Å². The van der Waals surface area contributed by atoms with Gasteiger partial charge in [-0.3, -0.25) is 0 Å². The molecule has 1 aliphatic rings. The maximum atomic E-state index is 3.49. The lowest BCUT2D eigenvalue weighted by atomic mass is 9.70. The molecule has 258 valence electrons. The monoisotopic (exact) mass is 660 g/mol. The first-order valence-corrected chi connectivity index (χ1v) is 18.5. The minimum absolute atomic E-state index is 0.0384. The van der Waals surface area contributed by atoms with Crippen LogP contribution in [0.4, 0.5) is 22.7 Å². The molecule has 50 heavy (non-hydrogen) atoms. The molecule has 0 saturated heterocycles. The van der Waals surface area contributed by atoms with Crippen molar-refractivity contribution < 1.29 is 0 Å². The zero-order valence-corrected chi connectivity index (χ0v) is 31.8. The Labute approximate surface area is 302 Å². The summed E-state index contributed by atoms with van der Waals surface area (Å²) in [5.41, 5.74) is 18.4. The van der Waals surface area contributed by atoms with Crippen molar-refractivity contribution in [3.63, 3.8) is 0 Å².